The Labute approximate surface area is 218 Å². The maximum atomic E-state index is 13.7. The molecule has 0 aliphatic heterocycles. The summed E-state index contributed by atoms with van der Waals surface area (Å²) >= 11 is 12.2. The molecule has 1 N–H and O–H groups in total. The van der Waals surface area contributed by atoms with Gasteiger partial charge in [-0.3, -0.25) is 13.9 Å². The van der Waals surface area contributed by atoms with Crippen molar-refractivity contribution in [2.75, 3.05) is 17.1 Å². The van der Waals surface area contributed by atoms with Crippen molar-refractivity contribution in [2.45, 2.75) is 59.2 Å². The summed E-state index contributed by atoms with van der Waals surface area (Å²) in [5.41, 5.74) is 1.38. The number of nitrogens with one attached hydrogen (secondary N) is 1. The van der Waals surface area contributed by atoms with Gasteiger partial charge < -0.3 is 10.2 Å². The molecule has 0 radical (unpaired) electrons. The highest BCUT2D eigenvalue weighted by Crippen LogP contribution is 2.25. The van der Waals surface area contributed by atoms with Gasteiger partial charge in [-0.2, -0.15) is 0 Å². The molecule has 192 valence electrons. The lowest BCUT2D eigenvalue weighted by Gasteiger charge is -2.34. The third kappa shape index (κ3) is 8.40. The van der Waals surface area contributed by atoms with Crippen molar-refractivity contribution in [3.63, 3.8) is 0 Å². The van der Waals surface area contributed by atoms with E-state index in [0.29, 0.717) is 27.7 Å². The van der Waals surface area contributed by atoms with E-state index in [2.05, 4.69) is 5.32 Å². The number of hydrogen-bond acceptors (Lipinski definition) is 4. The zero-order valence-corrected chi connectivity index (χ0v) is 23.3. The van der Waals surface area contributed by atoms with Crippen LogP contribution in [-0.4, -0.2) is 49.5 Å². The van der Waals surface area contributed by atoms with E-state index in [1.807, 2.05) is 33.8 Å². The van der Waals surface area contributed by atoms with Gasteiger partial charge >= 0.3 is 0 Å². The summed E-state index contributed by atoms with van der Waals surface area (Å²) in [5.74, 6) is -0.839. The van der Waals surface area contributed by atoms with Gasteiger partial charge in [0, 0.05) is 12.1 Å². The smallest absolute Gasteiger partial charge is 0.244 e. The minimum atomic E-state index is -3.78. The van der Waals surface area contributed by atoms with Crippen molar-refractivity contribution in [3.8, 4) is 0 Å². The summed E-state index contributed by atoms with van der Waals surface area (Å²) in [7, 11) is -3.78. The van der Waals surface area contributed by atoms with Crippen LogP contribution in [0.5, 0.6) is 0 Å². The van der Waals surface area contributed by atoms with Gasteiger partial charge in [0.05, 0.1) is 22.0 Å². The Morgan fingerprint density at radius 2 is 1.71 bits per heavy atom. The minimum absolute atomic E-state index is 0.0528. The number of nitrogens with zero attached hydrogens (tertiary/aromatic N) is 2. The maximum Gasteiger partial charge on any atom is 0.244 e. The third-order valence-corrected chi connectivity index (χ3v) is 7.07. The van der Waals surface area contributed by atoms with E-state index in [4.69, 9.17) is 23.2 Å². The van der Waals surface area contributed by atoms with Crippen molar-refractivity contribution in [2.24, 2.45) is 0 Å². The predicted molar refractivity (Wildman–Crippen MR) is 142 cm³/mol. The summed E-state index contributed by atoms with van der Waals surface area (Å²) in [5, 5.41) is 3.61. The number of carbonyl (C=O) groups excluding carboxylic acids is 2. The molecule has 1 atom stereocenters. The van der Waals surface area contributed by atoms with E-state index in [9.17, 15) is 18.0 Å². The van der Waals surface area contributed by atoms with E-state index in [1.54, 1.807) is 43.3 Å². The molecular formula is C25H33Cl2N3O4S. The second kappa shape index (κ2) is 11.6. The molecule has 10 heteroatoms. The fraction of sp³-hybridized carbons (Fsp3) is 0.440. The fourth-order valence-corrected chi connectivity index (χ4v) is 4.77. The van der Waals surface area contributed by atoms with Crippen molar-refractivity contribution < 1.29 is 18.0 Å². The van der Waals surface area contributed by atoms with Gasteiger partial charge in [0.25, 0.3) is 0 Å². The van der Waals surface area contributed by atoms with Gasteiger partial charge in [-0.25, -0.2) is 8.42 Å². The molecular weight excluding hydrogens is 509 g/mol. The first-order valence-electron chi connectivity index (χ1n) is 11.2. The van der Waals surface area contributed by atoms with Crippen molar-refractivity contribution >= 4 is 50.7 Å². The number of anilines is 1. The second-order valence-electron chi connectivity index (χ2n) is 9.54. The maximum absolute atomic E-state index is 13.7. The lowest BCUT2D eigenvalue weighted by atomic mass is 10.1. The molecule has 0 saturated carbocycles. The summed E-state index contributed by atoms with van der Waals surface area (Å²) in [6, 6.07) is 11.0. The first-order chi connectivity index (χ1) is 16.1. The van der Waals surface area contributed by atoms with Crippen LogP contribution in [-0.2, 0) is 26.2 Å². The van der Waals surface area contributed by atoms with Crippen LogP contribution in [0.15, 0.2) is 42.5 Å². The molecule has 1 unspecified atom stereocenters. The Balaban J connectivity index is 2.48. The first-order valence-corrected chi connectivity index (χ1v) is 13.8. The minimum Gasteiger partial charge on any atom is -0.350 e. The van der Waals surface area contributed by atoms with E-state index < -0.39 is 34.1 Å². The summed E-state index contributed by atoms with van der Waals surface area (Å²) in [6.07, 6.45) is 1.38. The Morgan fingerprint density at radius 3 is 2.23 bits per heavy atom. The van der Waals surface area contributed by atoms with Crippen LogP contribution < -0.4 is 9.62 Å². The van der Waals surface area contributed by atoms with Gasteiger partial charge in [-0.1, -0.05) is 48.3 Å². The zero-order chi connectivity index (χ0) is 26.6. The zero-order valence-electron chi connectivity index (χ0n) is 20.9. The predicted octanol–water partition coefficient (Wildman–Crippen LogP) is 4.79. The second-order valence-corrected chi connectivity index (χ2v) is 12.3. The van der Waals surface area contributed by atoms with E-state index in [1.165, 1.54) is 4.90 Å². The summed E-state index contributed by atoms with van der Waals surface area (Å²) in [6.45, 7) is 8.80. The number of amides is 2. The summed E-state index contributed by atoms with van der Waals surface area (Å²) in [4.78, 5) is 28.2. The van der Waals surface area contributed by atoms with Gasteiger partial charge in [0.15, 0.2) is 0 Å². The highest BCUT2D eigenvalue weighted by molar-refractivity contribution is 7.92. The Morgan fingerprint density at radius 1 is 1.06 bits per heavy atom. The number of halogens is 2. The molecule has 0 heterocycles. The molecule has 0 aliphatic carbocycles. The molecule has 0 fully saturated rings. The van der Waals surface area contributed by atoms with Crippen LogP contribution in [0.2, 0.25) is 10.0 Å². The quantitative estimate of drug-likeness (QED) is 0.494. The number of hydrogen-bond donors (Lipinski definition) is 1. The van der Waals surface area contributed by atoms with Gasteiger partial charge in [-0.15, -0.1) is 0 Å². The molecule has 0 bridgehead atoms. The van der Waals surface area contributed by atoms with Crippen LogP contribution in [0.3, 0.4) is 0 Å². The first kappa shape index (κ1) is 28.9. The number of sulfonamides is 1. The highest BCUT2D eigenvalue weighted by Gasteiger charge is 2.33. The standard InChI is InChI=1S/C25H33Cl2N3O4S/c1-7-22(24(32)28-25(3,4)5)29(15-18-11-12-20(26)21(27)14-18)23(31)16-30(35(6,33)34)19-10-8-9-17(2)13-19/h8-14,22H,7,15-16H2,1-6H3,(H,28,32). The molecule has 35 heavy (non-hydrogen) atoms. The Bertz CT molecular complexity index is 1180. The van der Waals surface area contributed by atoms with Gasteiger partial charge in [0.1, 0.15) is 12.6 Å². The molecule has 0 aliphatic rings. The van der Waals surface area contributed by atoms with E-state index in [0.717, 1.165) is 16.1 Å². The summed E-state index contributed by atoms with van der Waals surface area (Å²) < 4.78 is 26.3. The van der Waals surface area contributed by atoms with Crippen molar-refractivity contribution in [3.05, 3.63) is 63.6 Å². The number of benzene rings is 2. The molecule has 0 aromatic heterocycles. The number of rotatable bonds is 9. The molecule has 2 rings (SSSR count). The number of carbonyl (C=O) groups is 2. The molecule has 2 amide bonds. The van der Waals surface area contributed by atoms with Crippen LogP contribution in [0.1, 0.15) is 45.2 Å². The fourth-order valence-electron chi connectivity index (χ4n) is 3.60. The normalized spacial score (nSPS) is 12.7. The Hall–Kier alpha value is -2.29. The monoisotopic (exact) mass is 541 g/mol. The van der Waals surface area contributed by atoms with Gasteiger partial charge in [-0.05, 0) is 69.5 Å². The molecule has 0 spiro atoms. The number of aryl methyl sites for hydroxylation is 1. The van der Waals surface area contributed by atoms with E-state index >= 15 is 0 Å². The van der Waals surface area contributed by atoms with Crippen LogP contribution in [0.4, 0.5) is 5.69 Å². The van der Waals surface area contributed by atoms with E-state index in [-0.39, 0.29) is 12.5 Å². The SMILES string of the molecule is CCC(C(=O)NC(C)(C)C)N(Cc1ccc(Cl)c(Cl)c1)C(=O)CN(c1cccc(C)c1)S(C)(=O)=O. The average Bonchev–Trinajstić information content (AvgIpc) is 2.72. The molecule has 7 nitrogen and oxygen atoms in total. The lowest BCUT2D eigenvalue weighted by Crippen LogP contribution is -2.55. The van der Waals surface area contributed by atoms with Crippen LogP contribution in [0.25, 0.3) is 0 Å². The topological polar surface area (TPSA) is 86.8 Å². The van der Waals surface area contributed by atoms with Crippen molar-refractivity contribution in [1.29, 1.82) is 0 Å². The highest BCUT2D eigenvalue weighted by atomic mass is 35.5. The molecule has 2 aromatic rings. The average molecular weight is 543 g/mol. The van der Waals surface area contributed by atoms with Gasteiger partial charge in [0.2, 0.25) is 21.8 Å². The Kier molecular flexibility index (Phi) is 9.62. The van der Waals surface area contributed by atoms with Crippen molar-refractivity contribution in [1.82, 2.24) is 10.2 Å². The van der Waals surface area contributed by atoms with Crippen LogP contribution >= 0.6 is 23.2 Å². The van der Waals surface area contributed by atoms with Crippen LogP contribution in [0, 0.1) is 6.92 Å². The third-order valence-electron chi connectivity index (χ3n) is 5.19. The lowest BCUT2D eigenvalue weighted by molar-refractivity contribution is -0.141. The molecule has 0 saturated heterocycles. The molecule has 2 aromatic carbocycles. The largest absolute Gasteiger partial charge is 0.350 e.